The van der Waals surface area contributed by atoms with Gasteiger partial charge in [0.05, 0.1) is 4.92 Å². The number of nitriles is 1. The minimum Gasteiger partial charge on any atom is -0.366 e. The van der Waals surface area contributed by atoms with E-state index in [4.69, 9.17) is 11.0 Å². The highest BCUT2D eigenvalue weighted by Gasteiger charge is 2.18. The zero-order valence-corrected chi connectivity index (χ0v) is 7.85. The average Bonchev–Trinajstić information content (AvgIpc) is 2.16. The van der Waals surface area contributed by atoms with Crippen molar-refractivity contribution < 1.29 is 9.72 Å². The minimum atomic E-state index is -0.759. The Bertz CT molecular complexity index is 488. The molecule has 0 bridgehead atoms. The summed E-state index contributed by atoms with van der Waals surface area (Å²) in [6.45, 7) is 1.51. The first-order chi connectivity index (χ1) is 6.97. The summed E-state index contributed by atoms with van der Waals surface area (Å²) in [5.74, 6) is -0.759. The molecule has 0 heterocycles. The lowest BCUT2D eigenvalue weighted by Crippen LogP contribution is -2.12. The maximum Gasteiger partial charge on any atom is 0.288 e. The highest BCUT2D eigenvalue weighted by molar-refractivity contribution is 5.94. The number of nitro groups is 1. The molecule has 2 N–H and O–H groups in total. The summed E-state index contributed by atoms with van der Waals surface area (Å²) in [6, 6.07) is 4.08. The van der Waals surface area contributed by atoms with Crippen LogP contribution in [0.2, 0.25) is 0 Å². The number of nitrogens with zero attached hydrogens (tertiary/aromatic N) is 2. The smallest absolute Gasteiger partial charge is 0.288 e. The summed E-state index contributed by atoms with van der Waals surface area (Å²) < 4.78 is 0. The lowest BCUT2D eigenvalue weighted by Gasteiger charge is -2.01. The third-order valence-corrected chi connectivity index (χ3v) is 1.91. The molecule has 0 aromatic heterocycles. The summed E-state index contributed by atoms with van der Waals surface area (Å²) in [4.78, 5) is 20.7. The van der Waals surface area contributed by atoms with Gasteiger partial charge in [-0.25, -0.2) is 0 Å². The van der Waals surface area contributed by atoms with Crippen LogP contribution in [0.1, 0.15) is 21.5 Å². The summed E-state index contributed by atoms with van der Waals surface area (Å²) >= 11 is 0. The number of carbonyl (C=O) groups is 1. The third kappa shape index (κ3) is 1.91. The van der Waals surface area contributed by atoms with Crippen molar-refractivity contribution >= 4 is 11.6 Å². The number of primary amides is 1. The van der Waals surface area contributed by atoms with Crippen molar-refractivity contribution in [3.8, 4) is 6.07 Å². The molecule has 1 amide bonds. The van der Waals surface area contributed by atoms with E-state index in [0.717, 1.165) is 6.07 Å². The standard InChI is InChI=1S/C9H7N3O3/c1-5-2-6(9(11)13)3-8(12(14)15)7(5)4-10/h2-3H,1H3,(H2,11,13). The average molecular weight is 205 g/mol. The van der Waals surface area contributed by atoms with Crippen LogP contribution in [0.25, 0.3) is 0 Å². The summed E-state index contributed by atoms with van der Waals surface area (Å²) in [7, 11) is 0. The van der Waals surface area contributed by atoms with Gasteiger partial charge in [-0.15, -0.1) is 0 Å². The number of rotatable bonds is 2. The van der Waals surface area contributed by atoms with Gasteiger partial charge in [-0.3, -0.25) is 14.9 Å². The molecule has 0 saturated heterocycles. The van der Waals surface area contributed by atoms with Crippen LogP contribution in [0.4, 0.5) is 5.69 Å². The molecule has 76 valence electrons. The summed E-state index contributed by atoms with van der Waals surface area (Å²) in [6.07, 6.45) is 0. The Kier molecular flexibility index (Phi) is 2.67. The molecule has 15 heavy (non-hydrogen) atoms. The molecule has 0 atom stereocenters. The van der Waals surface area contributed by atoms with Crippen LogP contribution in [0.3, 0.4) is 0 Å². The topological polar surface area (TPSA) is 110 Å². The van der Waals surface area contributed by atoms with Gasteiger partial charge in [0, 0.05) is 11.6 Å². The Labute approximate surface area is 85.1 Å². The van der Waals surface area contributed by atoms with Gasteiger partial charge in [0.15, 0.2) is 0 Å². The molecule has 0 fully saturated rings. The Morgan fingerprint density at radius 2 is 2.20 bits per heavy atom. The van der Waals surface area contributed by atoms with E-state index in [1.165, 1.54) is 13.0 Å². The van der Waals surface area contributed by atoms with Gasteiger partial charge in [0.2, 0.25) is 5.91 Å². The largest absolute Gasteiger partial charge is 0.366 e. The zero-order chi connectivity index (χ0) is 11.6. The van der Waals surface area contributed by atoms with Crippen LogP contribution in [-0.2, 0) is 0 Å². The van der Waals surface area contributed by atoms with Crippen molar-refractivity contribution in [3.05, 3.63) is 38.9 Å². The van der Waals surface area contributed by atoms with Crippen molar-refractivity contribution in [1.82, 2.24) is 0 Å². The van der Waals surface area contributed by atoms with Crippen LogP contribution >= 0.6 is 0 Å². The Morgan fingerprint density at radius 1 is 1.60 bits per heavy atom. The molecule has 0 aliphatic rings. The first-order valence-electron chi connectivity index (χ1n) is 3.96. The molecule has 0 unspecified atom stereocenters. The lowest BCUT2D eigenvalue weighted by atomic mass is 10.0. The van der Waals surface area contributed by atoms with Crippen LogP contribution in [0.15, 0.2) is 12.1 Å². The first kappa shape index (κ1) is 10.7. The number of nitro benzene ring substituents is 1. The lowest BCUT2D eigenvalue weighted by molar-refractivity contribution is -0.385. The van der Waals surface area contributed by atoms with Crippen LogP contribution in [0.5, 0.6) is 0 Å². The van der Waals surface area contributed by atoms with Gasteiger partial charge in [-0.2, -0.15) is 5.26 Å². The monoisotopic (exact) mass is 205 g/mol. The quantitative estimate of drug-likeness (QED) is 0.570. The van der Waals surface area contributed by atoms with E-state index in [9.17, 15) is 14.9 Å². The van der Waals surface area contributed by atoms with Gasteiger partial charge in [-0.05, 0) is 18.6 Å². The van der Waals surface area contributed by atoms with Gasteiger partial charge in [-0.1, -0.05) is 0 Å². The van der Waals surface area contributed by atoms with Crippen molar-refractivity contribution in [1.29, 1.82) is 5.26 Å². The normalized spacial score (nSPS) is 9.33. The Balaban J connectivity index is 3.54. The van der Waals surface area contributed by atoms with Crippen LogP contribution in [0, 0.1) is 28.4 Å². The Hall–Kier alpha value is -2.42. The third-order valence-electron chi connectivity index (χ3n) is 1.91. The van der Waals surface area contributed by atoms with E-state index < -0.39 is 16.5 Å². The molecule has 0 saturated carbocycles. The van der Waals surface area contributed by atoms with E-state index >= 15 is 0 Å². The van der Waals surface area contributed by atoms with E-state index in [0.29, 0.717) is 5.56 Å². The molecule has 6 nitrogen and oxygen atoms in total. The van der Waals surface area contributed by atoms with Gasteiger partial charge < -0.3 is 5.73 Å². The zero-order valence-electron chi connectivity index (χ0n) is 7.85. The van der Waals surface area contributed by atoms with Gasteiger partial charge >= 0.3 is 0 Å². The number of carbonyl (C=O) groups excluding carboxylic acids is 1. The van der Waals surface area contributed by atoms with Gasteiger partial charge in [0.25, 0.3) is 5.69 Å². The molecule has 0 spiro atoms. The predicted molar refractivity (Wildman–Crippen MR) is 51.1 cm³/mol. The second kappa shape index (κ2) is 3.75. The fraction of sp³-hybridized carbons (Fsp3) is 0.111. The molecule has 0 aliphatic carbocycles. The van der Waals surface area contributed by atoms with Crippen molar-refractivity contribution in [2.75, 3.05) is 0 Å². The molecule has 1 aromatic carbocycles. The molecule has 6 heteroatoms. The van der Waals surface area contributed by atoms with Crippen molar-refractivity contribution in [2.45, 2.75) is 6.92 Å². The minimum absolute atomic E-state index is 0.0261. The SMILES string of the molecule is Cc1cc(C(N)=O)cc([N+](=O)[O-])c1C#N. The van der Waals surface area contributed by atoms with Gasteiger partial charge in [0.1, 0.15) is 11.6 Å². The predicted octanol–water partition coefficient (Wildman–Crippen LogP) is 0.874. The fourth-order valence-corrected chi connectivity index (χ4v) is 1.20. The highest BCUT2D eigenvalue weighted by atomic mass is 16.6. The highest BCUT2D eigenvalue weighted by Crippen LogP contribution is 2.23. The van der Waals surface area contributed by atoms with Crippen molar-refractivity contribution in [2.24, 2.45) is 5.73 Å². The Morgan fingerprint density at radius 3 is 2.60 bits per heavy atom. The number of hydrogen-bond donors (Lipinski definition) is 1. The van der Waals surface area contributed by atoms with E-state index in [-0.39, 0.29) is 11.1 Å². The van der Waals surface area contributed by atoms with E-state index in [1.807, 2.05) is 0 Å². The maximum atomic E-state index is 10.8. The molecule has 0 aliphatic heterocycles. The second-order valence-electron chi connectivity index (χ2n) is 2.92. The molecule has 1 aromatic rings. The van der Waals surface area contributed by atoms with Crippen LogP contribution < -0.4 is 5.73 Å². The number of benzene rings is 1. The summed E-state index contributed by atoms with van der Waals surface area (Å²) in [5.41, 5.74) is 4.94. The van der Waals surface area contributed by atoms with Crippen LogP contribution in [-0.4, -0.2) is 10.8 Å². The molecular formula is C9H7N3O3. The first-order valence-corrected chi connectivity index (χ1v) is 3.96. The molecular weight excluding hydrogens is 198 g/mol. The summed E-state index contributed by atoms with van der Waals surface area (Å²) in [5, 5.41) is 19.3. The second-order valence-corrected chi connectivity index (χ2v) is 2.92. The number of nitrogens with two attached hydrogens (primary N) is 1. The number of aryl methyl sites for hydroxylation is 1. The fourth-order valence-electron chi connectivity index (χ4n) is 1.20. The maximum absolute atomic E-state index is 10.8. The van der Waals surface area contributed by atoms with E-state index in [2.05, 4.69) is 0 Å². The number of hydrogen-bond acceptors (Lipinski definition) is 4. The van der Waals surface area contributed by atoms with Crippen molar-refractivity contribution in [3.63, 3.8) is 0 Å². The van der Waals surface area contributed by atoms with E-state index in [1.54, 1.807) is 6.07 Å². The molecule has 0 radical (unpaired) electrons. The molecule has 1 rings (SSSR count). The number of amides is 1.